The number of rotatable bonds is 9. The van der Waals surface area contributed by atoms with E-state index in [2.05, 4.69) is 20.2 Å². The molecule has 0 atom stereocenters. The maximum atomic E-state index is 13.4. The van der Waals surface area contributed by atoms with Gasteiger partial charge in [-0.05, 0) is 18.2 Å². The molecular formula is C18H17F4N5O2. The highest BCUT2D eigenvalue weighted by Crippen LogP contribution is 2.25. The summed E-state index contributed by atoms with van der Waals surface area (Å²) >= 11 is 0. The number of halogens is 4. The lowest BCUT2D eigenvalue weighted by Crippen LogP contribution is -2.48. The van der Waals surface area contributed by atoms with E-state index in [1.165, 1.54) is 12.3 Å². The molecule has 1 aromatic carbocycles. The van der Waals surface area contributed by atoms with Gasteiger partial charge in [-0.1, -0.05) is 0 Å². The smallest absolute Gasteiger partial charge is 0.387 e. The molecule has 2 N–H and O–H groups in total. The zero-order valence-electron chi connectivity index (χ0n) is 15.0. The van der Waals surface area contributed by atoms with Gasteiger partial charge in [0.15, 0.2) is 11.6 Å². The largest absolute Gasteiger partial charge is 0.471 e. The van der Waals surface area contributed by atoms with Crippen LogP contribution in [0.3, 0.4) is 0 Å². The molecule has 1 aliphatic rings. The van der Waals surface area contributed by atoms with Crippen LogP contribution in [0.2, 0.25) is 0 Å². The number of aromatic nitrogens is 1. The van der Waals surface area contributed by atoms with Gasteiger partial charge in [0, 0.05) is 24.0 Å². The number of alkyl halides is 3. The number of benzene rings is 1. The Hall–Kier alpha value is -3.37. The average Bonchev–Trinajstić information content (AvgIpc) is 2.68. The summed E-state index contributed by atoms with van der Waals surface area (Å²) in [5.74, 6) is -1.25. The summed E-state index contributed by atoms with van der Waals surface area (Å²) in [4.78, 5) is 5.95. The van der Waals surface area contributed by atoms with E-state index in [1.54, 1.807) is 18.3 Å². The number of nitrogens with zero attached hydrogens (tertiary/aromatic N) is 3. The van der Waals surface area contributed by atoms with Gasteiger partial charge in [-0.15, -0.1) is 0 Å². The second kappa shape index (κ2) is 9.22. The predicted octanol–water partition coefficient (Wildman–Crippen LogP) is 4.34. The summed E-state index contributed by atoms with van der Waals surface area (Å²) in [6.45, 7) is -2.57. The van der Waals surface area contributed by atoms with Crippen LogP contribution in [0, 0.1) is 11.3 Å². The molecule has 0 radical (unpaired) electrons. The number of anilines is 2. The summed E-state index contributed by atoms with van der Waals surface area (Å²) in [7, 11) is 0. The maximum absolute atomic E-state index is 13.4. The molecule has 2 aromatic rings. The van der Waals surface area contributed by atoms with E-state index < -0.39 is 24.3 Å². The van der Waals surface area contributed by atoms with Crippen LogP contribution in [0.5, 0.6) is 11.6 Å². The highest BCUT2D eigenvalue weighted by Gasteiger charge is 2.26. The average molecular weight is 411 g/mol. The first-order valence-corrected chi connectivity index (χ1v) is 8.50. The van der Waals surface area contributed by atoms with Crippen molar-refractivity contribution in [3.8, 4) is 11.6 Å². The van der Waals surface area contributed by atoms with Crippen LogP contribution < -0.4 is 19.7 Å². The Balaban J connectivity index is 1.56. The molecule has 1 aliphatic heterocycles. The molecule has 29 heavy (non-hydrogen) atoms. The van der Waals surface area contributed by atoms with Crippen LogP contribution in [0.1, 0.15) is 0 Å². The van der Waals surface area contributed by atoms with E-state index >= 15 is 0 Å². The van der Waals surface area contributed by atoms with Gasteiger partial charge in [0.2, 0.25) is 5.88 Å². The number of ether oxygens (including phenoxy) is 2. The quantitative estimate of drug-likeness (QED) is 0.474. The Bertz CT molecular complexity index is 873. The van der Waals surface area contributed by atoms with Gasteiger partial charge in [-0.2, -0.15) is 13.9 Å². The minimum Gasteiger partial charge on any atom is -0.471 e. The Kier molecular flexibility index (Phi) is 6.47. The molecule has 0 bridgehead atoms. The molecule has 11 heteroatoms. The molecule has 0 saturated carbocycles. The standard InChI is InChI=1S/C18H17F4N5O2/c19-11-8-27(9-11)14-2-4-17(25-7-14)28-10-13(26-23)6-24-12-1-3-15(20)16(5-12)29-18(21)22/h1-7,11,18,23-24H,8-10H2/b13-6-,26-23?. The summed E-state index contributed by atoms with van der Waals surface area (Å²) in [6.07, 6.45) is 2.05. The predicted molar refractivity (Wildman–Crippen MR) is 96.7 cm³/mol. The summed E-state index contributed by atoms with van der Waals surface area (Å²) in [5.41, 5.74) is 8.40. The van der Waals surface area contributed by atoms with Gasteiger partial charge in [0.05, 0.1) is 25.0 Å². The van der Waals surface area contributed by atoms with Crippen molar-refractivity contribution in [2.75, 3.05) is 29.9 Å². The first-order valence-electron chi connectivity index (χ1n) is 8.50. The molecule has 2 heterocycles. The maximum Gasteiger partial charge on any atom is 0.387 e. The highest BCUT2D eigenvalue weighted by atomic mass is 19.3. The van der Waals surface area contributed by atoms with Crippen molar-refractivity contribution in [2.24, 2.45) is 5.11 Å². The van der Waals surface area contributed by atoms with E-state index in [0.29, 0.717) is 13.1 Å². The second-order valence-electron chi connectivity index (χ2n) is 6.06. The van der Waals surface area contributed by atoms with Crippen molar-refractivity contribution in [1.29, 1.82) is 5.53 Å². The first-order chi connectivity index (χ1) is 13.9. The molecule has 1 aromatic heterocycles. The van der Waals surface area contributed by atoms with Crippen LogP contribution in [-0.4, -0.2) is 37.5 Å². The number of hydrogen-bond acceptors (Lipinski definition) is 7. The zero-order chi connectivity index (χ0) is 20.8. The third-order valence-electron chi connectivity index (χ3n) is 3.99. The second-order valence-corrected chi connectivity index (χ2v) is 6.06. The van der Waals surface area contributed by atoms with Crippen molar-refractivity contribution in [3.63, 3.8) is 0 Å². The topological polar surface area (TPSA) is 82.8 Å². The Labute approximate surface area is 163 Å². The third kappa shape index (κ3) is 5.56. The Morgan fingerprint density at radius 2 is 2.14 bits per heavy atom. The van der Waals surface area contributed by atoms with Crippen molar-refractivity contribution < 1.29 is 27.0 Å². The monoisotopic (exact) mass is 411 g/mol. The third-order valence-corrected chi connectivity index (χ3v) is 3.99. The molecule has 3 rings (SSSR count). The van der Waals surface area contributed by atoms with Crippen molar-refractivity contribution in [1.82, 2.24) is 4.98 Å². The number of nitrogens with one attached hydrogen (secondary N) is 2. The van der Waals surface area contributed by atoms with Gasteiger partial charge in [-0.25, -0.2) is 19.3 Å². The lowest BCUT2D eigenvalue weighted by molar-refractivity contribution is -0.0521. The Morgan fingerprint density at radius 1 is 1.34 bits per heavy atom. The van der Waals surface area contributed by atoms with E-state index in [1.807, 2.05) is 4.90 Å². The zero-order valence-corrected chi connectivity index (χ0v) is 15.0. The summed E-state index contributed by atoms with van der Waals surface area (Å²) in [6, 6.07) is 6.69. The first kappa shape index (κ1) is 20.4. The molecule has 1 saturated heterocycles. The normalized spacial score (nSPS) is 14.5. The summed E-state index contributed by atoms with van der Waals surface area (Å²) < 4.78 is 60.4. The minimum absolute atomic E-state index is 0.0965. The van der Waals surface area contributed by atoms with Crippen LogP contribution in [0.4, 0.5) is 28.9 Å². The molecule has 154 valence electrons. The summed E-state index contributed by atoms with van der Waals surface area (Å²) in [5, 5.41) is 6.01. The van der Waals surface area contributed by atoms with Crippen molar-refractivity contribution in [3.05, 3.63) is 54.2 Å². The van der Waals surface area contributed by atoms with Gasteiger partial charge < -0.3 is 19.7 Å². The van der Waals surface area contributed by atoms with Gasteiger partial charge in [-0.3, -0.25) is 0 Å². The number of hydrogen-bond donors (Lipinski definition) is 2. The van der Waals surface area contributed by atoms with Crippen LogP contribution in [-0.2, 0) is 0 Å². The van der Waals surface area contributed by atoms with Gasteiger partial charge in [0.25, 0.3) is 0 Å². The van der Waals surface area contributed by atoms with Gasteiger partial charge in [0.1, 0.15) is 18.5 Å². The fraction of sp³-hybridized carbons (Fsp3) is 0.278. The molecule has 0 amide bonds. The SMILES string of the molecule is N=N/C(=C\Nc1ccc(F)c(OC(F)F)c1)COc1ccc(N2CC(F)C2)cn1. The van der Waals surface area contributed by atoms with E-state index in [9.17, 15) is 17.6 Å². The van der Waals surface area contributed by atoms with Crippen molar-refractivity contribution in [2.45, 2.75) is 12.8 Å². The van der Waals surface area contributed by atoms with E-state index in [-0.39, 0.29) is 23.9 Å². The fourth-order valence-corrected chi connectivity index (χ4v) is 2.48. The van der Waals surface area contributed by atoms with Gasteiger partial charge >= 0.3 is 6.61 Å². The van der Waals surface area contributed by atoms with Crippen LogP contribution in [0.25, 0.3) is 0 Å². The fourth-order valence-electron chi connectivity index (χ4n) is 2.48. The molecule has 7 nitrogen and oxygen atoms in total. The molecule has 0 unspecified atom stereocenters. The van der Waals surface area contributed by atoms with Crippen LogP contribution in [0.15, 0.2) is 53.5 Å². The van der Waals surface area contributed by atoms with E-state index in [0.717, 1.165) is 17.8 Å². The minimum atomic E-state index is -3.15. The lowest BCUT2D eigenvalue weighted by Gasteiger charge is -2.36. The van der Waals surface area contributed by atoms with Crippen molar-refractivity contribution >= 4 is 11.4 Å². The Morgan fingerprint density at radius 3 is 2.76 bits per heavy atom. The molecule has 0 spiro atoms. The van der Waals surface area contributed by atoms with Crippen LogP contribution >= 0.6 is 0 Å². The number of pyridine rings is 1. The molecule has 1 fully saturated rings. The highest BCUT2D eigenvalue weighted by molar-refractivity contribution is 5.51. The lowest BCUT2D eigenvalue weighted by atomic mass is 10.2. The molecular weight excluding hydrogens is 394 g/mol. The van der Waals surface area contributed by atoms with E-state index in [4.69, 9.17) is 10.3 Å². The molecule has 0 aliphatic carbocycles.